The van der Waals surface area contributed by atoms with E-state index in [1.165, 1.54) is 12.4 Å². The molecule has 1 heterocycles. The summed E-state index contributed by atoms with van der Waals surface area (Å²) in [7, 11) is 0. The van der Waals surface area contributed by atoms with Crippen LogP contribution in [0.5, 0.6) is 0 Å². The third-order valence-corrected chi connectivity index (χ3v) is 2.27. The number of amides is 1. The van der Waals surface area contributed by atoms with E-state index < -0.39 is 0 Å². The number of carbonyl (C=O) groups excluding carboxylic acids is 1. The molecule has 1 amide bonds. The molecule has 0 atom stereocenters. The van der Waals surface area contributed by atoms with Gasteiger partial charge in [0.2, 0.25) is 11.7 Å². The Hall–Kier alpha value is -2.63. The maximum atomic E-state index is 11.0. The summed E-state index contributed by atoms with van der Waals surface area (Å²) in [6, 6.07) is 7.48. The van der Waals surface area contributed by atoms with Crippen LogP contribution in [0.15, 0.2) is 43.2 Å². The van der Waals surface area contributed by atoms with Crippen LogP contribution < -0.4 is 5.32 Å². The minimum absolute atomic E-state index is 0.195. The maximum absolute atomic E-state index is 11.0. The van der Waals surface area contributed by atoms with Gasteiger partial charge in [-0.25, -0.2) is 0 Å². The van der Waals surface area contributed by atoms with Crippen LogP contribution in [0.1, 0.15) is 5.56 Å². The van der Waals surface area contributed by atoms with E-state index in [-0.39, 0.29) is 5.91 Å². The average molecular weight is 241 g/mol. The van der Waals surface area contributed by atoms with Crippen molar-refractivity contribution in [2.45, 2.75) is 6.54 Å². The van der Waals surface area contributed by atoms with E-state index in [2.05, 4.69) is 32.3 Å². The molecule has 0 spiro atoms. The quantitative estimate of drug-likeness (QED) is 0.798. The minimum atomic E-state index is -0.195. The van der Waals surface area contributed by atoms with E-state index in [4.69, 9.17) is 0 Å². The molecule has 0 aliphatic rings. The second kappa shape index (κ2) is 5.62. The zero-order chi connectivity index (χ0) is 12.8. The zero-order valence-electron chi connectivity index (χ0n) is 9.58. The van der Waals surface area contributed by atoms with Crippen molar-refractivity contribution in [1.82, 2.24) is 25.7 Å². The molecule has 1 aromatic carbocycles. The number of nitrogens with zero attached hydrogens (tertiary/aromatic N) is 4. The molecule has 0 unspecified atom stereocenters. The van der Waals surface area contributed by atoms with Gasteiger partial charge in [-0.3, -0.25) is 4.79 Å². The fourth-order valence-corrected chi connectivity index (χ4v) is 1.35. The normalized spacial score (nSPS) is 9.78. The first-order chi connectivity index (χ1) is 8.79. The lowest BCUT2D eigenvalue weighted by molar-refractivity contribution is -0.116. The number of hydrogen-bond donors (Lipinski definition) is 1. The number of benzene rings is 1. The van der Waals surface area contributed by atoms with Crippen LogP contribution in [0.25, 0.3) is 11.4 Å². The molecule has 90 valence electrons. The van der Waals surface area contributed by atoms with E-state index in [9.17, 15) is 4.79 Å². The molecule has 1 aromatic heterocycles. The molecular weight excluding hydrogens is 230 g/mol. The molecule has 0 aliphatic carbocycles. The zero-order valence-corrected chi connectivity index (χ0v) is 9.58. The Kier molecular flexibility index (Phi) is 3.70. The Labute approximate surface area is 104 Å². The minimum Gasteiger partial charge on any atom is -0.348 e. The van der Waals surface area contributed by atoms with Gasteiger partial charge in [-0.15, -0.1) is 20.4 Å². The number of nitrogens with one attached hydrogen (secondary N) is 1. The maximum Gasteiger partial charge on any atom is 0.243 e. The molecule has 0 fully saturated rings. The van der Waals surface area contributed by atoms with E-state index in [1.807, 2.05) is 24.3 Å². The first-order valence-electron chi connectivity index (χ1n) is 5.29. The number of hydrogen-bond acceptors (Lipinski definition) is 5. The fraction of sp³-hybridized carbons (Fsp3) is 0.0833. The lowest BCUT2D eigenvalue weighted by Gasteiger charge is -2.03. The third kappa shape index (κ3) is 2.94. The summed E-state index contributed by atoms with van der Waals surface area (Å²) >= 11 is 0. The molecule has 2 aromatic rings. The Morgan fingerprint density at radius 2 is 1.89 bits per heavy atom. The predicted molar refractivity (Wildman–Crippen MR) is 65.1 cm³/mol. The van der Waals surface area contributed by atoms with Crippen LogP contribution in [0.3, 0.4) is 0 Å². The van der Waals surface area contributed by atoms with Crippen molar-refractivity contribution in [2.75, 3.05) is 0 Å². The van der Waals surface area contributed by atoms with E-state index in [1.54, 1.807) is 0 Å². The van der Waals surface area contributed by atoms with Crippen molar-refractivity contribution in [3.63, 3.8) is 0 Å². The average Bonchev–Trinajstić information content (AvgIpc) is 2.46. The van der Waals surface area contributed by atoms with Crippen molar-refractivity contribution in [3.05, 3.63) is 48.8 Å². The van der Waals surface area contributed by atoms with Crippen molar-refractivity contribution in [1.29, 1.82) is 0 Å². The molecule has 0 saturated carbocycles. The number of rotatable bonds is 4. The molecule has 18 heavy (non-hydrogen) atoms. The molecule has 2 rings (SSSR count). The molecule has 0 aliphatic heterocycles. The van der Waals surface area contributed by atoms with Gasteiger partial charge in [0.25, 0.3) is 0 Å². The van der Waals surface area contributed by atoms with Gasteiger partial charge in [0.1, 0.15) is 0 Å². The van der Waals surface area contributed by atoms with Gasteiger partial charge in [0.05, 0.1) is 0 Å². The van der Waals surface area contributed by atoms with E-state index in [0.29, 0.717) is 12.4 Å². The van der Waals surface area contributed by atoms with Crippen molar-refractivity contribution in [2.24, 2.45) is 0 Å². The Balaban J connectivity index is 2.06. The molecule has 0 saturated heterocycles. The summed E-state index contributed by atoms with van der Waals surface area (Å²) in [5.74, 6) is 0.276. The van der Waals surface area contributed by atoms with Crippen LogP contribution in [-0.4, -0.2) is 26.3 Å². The smallest absolute Gasteiger partial charge is 0.243 e. The highest BCUT2D eigenvalue weighted by Gasteiger charge is 2.02. The SMILES string of the molecule is C=CC(=O)NCc1ccc(-c2nncnn2)cc1. The van der Waals surface area contributed by atoms with Crippen LogP contribution in [-0.2, 0) is 11.3 Å². The Morgan fingerprint density at radius 3 is 2.50 bits per heavy atom. The van der Waals surface area contributed by atoms with E-state index >= 15 is 0 Å². The molecule has 0 radical (unpaired) electrons. The van der Waals surface area contributed by atoms with Gasteiger partial charge >= 0.3 is 0 Å². The van der Waals surface area contributed by atoms with Crippen LogP contribution in [0.4, 0.5) is 0 Å². The second-order valence-electron chi connectivity index (χ2n) is 3.49. The van der Waals surface area contributed by atoms with Gasteiger partial charge in [-0.1, -0.05) is 30.8 Å². The highest BCUT2D eigenvalue weighted by molar-refractivity contribution is 5.86. The predicted octanol–water partition coefficient (Wildman–Crippen LogP) is 0.736. The summed E-state index contributed by atoms with van der Waals surface area (Å²) in [4.78, 5) is 11.0. The van der Waals surface area contributed by atoms with Crippen LogP contribution in [0.2, 0.25) is 0 Å². The standard InChI is InChI=1S/C12H11N5O/c1-2-11(18)13-7-9-3-5-10(6-4-9)12-16-14-8-15-17-12/h2-6,8H,1,7H2,(H,13,18). The monoisotopic (exact) mass is 241 g/mol. The summed E-state index contributed by atoms with van der Waals surface area (Å²) in [6.45, 7) is 3.84. The molecule has 0 bridgehead atoms. The van der Waals surface area contributed by atoms with Gasteiger partial charge < -0.3 is 5.32 Å². The summed E-state index contributed by atoms with van der Waals surface area (Å²) in [5.41, 5.74) is 1.81. The highest BCUT2D eigenvalue weighted by Crippen LogP contribution is 2.13. The molecular formula is C12H11N5O. The first kappa shape index (κ1) is 11.8. The molecule has 1 N–H and O–H groups in total. The lowest BCUT2D eigenvalue weighted by atomic mass is 10.1. The Bertz CT molecular complexity index is 538. The van der Waals surface area contributed by atoms with Crippen molar-refractivity contribution >= 4 is 5.91 Å². The largest absolute Gasteiger partial charge is 0.348 e. The van der Waals surface area contributed by atoms with Gasteiger partial charge in [-0.2, -0.15) is 0 Å². The van der Waals surface area contributed by atoms with Crippen molar-refractivity contribution < 1.29 is 4.79 Å². The lowest BCUT2D eigenvalue weighted by Crippen LogP contribution is -2.19. The Morgan fingerprint density at radius 1 is 1.22 bits per heavy atom. The number of aromatic nitrogens is 4. The molecule has 6 heteroatoms. The number of carbonyl (C=O) groups is 1. The van der Waals surface area contributed by atoms with Crippen molar-refractivity contribution in [3.8, 4) is 11.4 Å². The molecule has 6 nitrogen and oxygen atoms in total. The highest BCUT2D eigenvalue weighted by atomic mass is 16.1. The summed E-state index contributed by atoms with van der Waals surface area (Å²) in [5, 5.41) is 17.7. The third-order valence-electron chi connectivity index (χ3n) is 2.27. The topological polar surface area (TPSA) is 80.7 Å². The summed E-state index contributed by atoms with van der Waals surface area (Å²) in [6.07, 6.45) is 2.52. The second-order valence-corrected chi connectivity index (χ2v) is 3.49. The van der Waals surface area contributed by atoms with Gasteiger partial charge in [0.15, 0.2) is 6.33 Å². The summed E-state index contributed by atoms with van der Waals surface area (Å²) < 4.78 is 0. The van der Waals surface area contributed by atoms with E-state index in [0.717, 1.165) is 11.1 Å². The van der Waals surface area contributed by atoms with Gasteiger partial charge in [0, 0.05) is 12.1 Å². The fourth-order valence-electron chi connectivity index (χ4n) is 1.35. The van der Waals surface area contributed by atoms with Crippen LogP contribution in [0, 0.1) is 0 Å². The van der Waals surface area contributed by atoms with Crippen LogP contribution >= 0.6 is 0 Å². The first-order valence-corrected chi connectivity index (χ1v) is 5.29. The van der Waals surface area contributed by atoms with Gasteiger partial charge in [-0.05, 0) is 11.6 Å².